The highest BCUT2D eigenvalue weighted by Crippen LogP contribution is 2.17. The zero-order valence-corrected chi connectivity index (χ0v) is 13.1. The van der Waals surface area contributed by atoms with Crippen molar-refractivity contribution in [2.45, 2.75) is 45.2 Å². The van der Waals surface area contributed by atoms with E-state index in [0.29, 0.717) is 6.04 Å². The second-order valence-electron chi connectivity index (χ2n) is 6.31. The number of nitrogens with one attached hydrogen (secondary N) is 1. The second-order valence-corrected chi connectivity index (χ2v) is 6.31. The summed E-state index contributed by atoms with van der Waals surface area (Å²) in [5, 5.41) is 3.63. The van der Waals surface area contributed by atoms with E-state index in [1.807, 2.05) is 30.3 Å². The van der Waals surface area contributed by atoms with Crippen LogP contribution in [0, 0.1) is 0 Å². The van der Waals surface area contributed by atoms with Crippen molar-refractivity contribution in [2.75, 3.05) is 26.2 Å². The Bertz CT molecular complexity index is 391. The van der Waals surface area contributed by atoms with Crippen molar-refractivity contribution in [2.24, 2.45) is 0 Å². The van der Waals surface area contributed by atoms with Crippen LogP contribution in [0.4, 0.5) is 0 Å². The highest BCUT2D eigenvalue weighted by atomic mass is 16.5. The maximum Gasteiger partial charge on any atom is 0.119 e. The van der Waals surface area contributed by atoms with Crippen molar-refractivity contribution >= 4 is 0 Å². The summed E-state index contributed by atoms with van der Waals surface area (Å²) in [6.45, 7) is 11.0. The summed E-state index contributed by atoms with van der Waals surface area (Å²) < 4.78 is 5.78. The summed E-state index contributed by atoms with van der Waals surface area (Å²) in [7, 11) is 0. The van der Waals surface area contributed by atoms with Crippen molar-refractivity contribution < 1.29 is 4.74 Å². The first kappa shape index (κ1) is 15.3. The zero-order valence-electron chi connectivity index (χ0n) is 13.1. The molecule has 0 spiro atoms. The molecule has 1 unspecified atom stereocenters. The summed E-state index contributed by atoms with van der Waals surface area (Å²) in [5.74, 6) is 0.972. The fraction of sp³-hybridized carbons (Fsp3) is 0.647. The van der Waals surface area contributed by atoms with Gasteiger partial charge in [0.05, 0.1) is 6.61 Å². The molecular weight excluding hydrogens is 248 g/mol. The fourth-order valence-electron chi connectivity index (χ4n) is 2.85. The Kier molecular flexibility index (Phi) is 5.44. The molecule has 1 N–H and O–H groups in total. The van der Waals surface area contributed by atoms with Gasteiger partial charge in [0.25, 0.3) is 0 Å². The van der Waals surface area contributed by atoms with Gasteiger partial charge in [-0.1, -0.05) is 25.1 Å². The molecule has 1 atom stereocenters. The number of ether oxygens (including phenoxy) is 1. The molecule has 0 saturated carbocycles. The molecule has 1 aliphatic heterocycles. The topological polar surface area (TPSA) is 24.5 Å². The molecule has 1 aromatic rings. The Morgan fingerprint density at radius 2 is 2.05 bits per heavy atom. The van der Waals surface area contributed by atoms with Crippen LogP contribution in [0.25, 0.3) is 0 Å². The molecular formula is C17H28N2O. The van der Waals surface area contributed by atoms with Gasteiger partial charge < -0.3 is 10.1 Å². The average Bonchev–Trinajstić information content (AvgIpc) is 2.44. The smallest absolute Gasteiger partial charge is 0.119 e. The van der Waals surface area contributed by atoms with Crippen LogP contribution in [0.2, 0.25) is 0 Å². The van der Waals surface area contributed by atoms with E-state index in [0.717, 1.165) is 38.4 Å². The van der Waals surface area contributed by atoms with Crippen molar-refractivity contribution in [1.29, 1.82) is 0 Å². The number of para-hydroxylation sites is 1. The molecule has 1 saturated heterocycles. The summed E-state index contributed by atoms with van der Waals surface area (Å²) in [6.07, 6.45) is 2.30. The fourth-order valence-corrected chi connectivity index (χ4v) is 2.85. The normalized spacial score (nSPS) is 22.6. The van der Waals surface area contributed by atoms with Crippen molar-refractivity contribution in [3.8, 4) is 5.75 Å². The van der Waals surface area contributed by atoms with E-state index in [2.05, 4.69) is 31.0 Å². The van der Waals surface area contributed by atoms with E-state index in [9.17, 15) is 0 Å². The van der Waals surface area contributed by atoms with E-state index in [-0.39, 0.29) is 5.54 Å². The van der Waals surface area contributed by atoms with E-state index in [4.69, 9.17) is 4.74 Å². The van der Waals surface area contributed by atoms with Crippen molar-refractivity contribution in [1.82, 2.24) is 10.2 Å². The highest BCUT2D eigenvalue weighted by molar-refractivity contribution is 5.20. The Labute approximate surface area is 123 Å². The minimum Gasteiger partial charge on any atom is -0.494 e. The Balaban J connectivity index is 1.74. The number of piperazine rings is 1. The van der Waals surface area contributed by atoms with Crippen LogP contribution in [-0.2, 0) is 0 Å². The first-order chi connectivity index (χ1) is 9.61. The zero-order chi connectivity index (χ0) is 14.4. The van der Waals surface area contributed by atoms with E-state index >= 15 is 0 Å². The van der Waals surface area contributed by atoms with Gasteiger partial charge in [0.1, 0.15) is 5.75 Å². The lowest BCUT2D eigenvalue weighted by Gasteiger charge is -2.44. The third kappa shape index (κ3) is 4.50. The van der Waals surface area contributed by atoms with Crippen LogP contribution in [0.1, 0.15) is 33.6 Å². The predicted molar refractivity (Wildman–Crippen MR) is 84.3 cm³/mol. The van der Waals surface area contributed by atoms with Gasteiger partial charge in [0.2, 0.25) is 0 Å². The maximum absolute atomic E-state index is 5.78. The molecule has 1 fully saturated rings. The van der Waals surface area contributed by atoms with E-state index in [1.165, 1.54) is 6.42 Å². The molecule has 2 rings (SSSR count). The van der Waals surface area contributed by atoms with Crippen molar-refractivity contribution in [3.63, 3.8) is 0 Å². The van der Waals surface area contributed by atoms with Crippen molar-refractivity contribution in [3.05, 3.63) is 30.3 Å². The SMILES string of the molecule is CCC1CNC(C)(C)CN1CCCOc1ccccc1. The van der Waals surface area contributed by atoms with Gasteiger partial charge >= 0.3 is 0 Å². The highest BCUT2D eigenvalue weighted by Gasteiger charge is 2.30. The first-order valence-corrected chi connectivity index (χ1v) is 7.77. The van der Waals surface area contributed by atoms with Gasteiger partial charge in [-0.15, -0.1) is 0 Å². The summed E-state index contributed by atoms with van der Waals surface area (Å²) in [4.78, 5) is 2.62. The molecule has 3 heteroatoms. The Morgan fingerprint density at radius 1 is 1.30 bits per heavy atom. The van der Waals surface area contributed by atoms with Gasteiger partial charge in [0.15, 0.2) is 0 Å². The number of hydrogen-bond donors (Lipinski definition) is 1. The molecule has 0 bridgehead atoms. The van der Waals surface area contributed by atoms with Gasteiger partial charge in [-0.25, -0.2) is 0 Å². The van der Waals surface area contributed by atoms with Crippen LogP contribution in [-0.4, -0.2) is 42.7 Å². The van der Waals surface area contributed by atoms with Crippen LogP contribution in [0.3, 0.4) is 0 Å². The molecule has 0 amide bonds. The minimum absolute atomic E-state index is 0.228. The Hall–Kier alpha value is -1.06. The second kappa shape index (κ2) is 7.09. The number of rotatable bonds is 6. The lowest BCUT2D eigenvalue weighted by Crippen LogP contribution is -2.61. The lowest BCUT2D eigenvalue weighted by atomic mass is 9.97. The third-order valence-electron chi connectivity index (χ3n) is 4.00. The third-order valence-corrected chi connectivity index (χ3v) is 4.00. The van der Waals surface area contributed by atoms with Crippen LogP contribution >= 0.6 is 0 Å². The molecule has 3 nitrogen and oxygen atoms in total. The average molecular weight is 276 g/mol. The largest absolute Gasteiger partial charge is 0.494 e. The standard InChI is InChI=1S/C17H28N2O/c1-4-15-13-18-17(2,3)14-19(15)11-8-12-20-16-9-6-5-7-10-16/h5-7,9-10,15,18H,4,8,11-14H2,1-3H3. The van der Waals surface area contributed by atoms with Gasteiger partial charge in [-0.2, -0.15) is 0 Å². The Morgan fingerprint density at radius 3 is 2.75 bits per heavy atom. The molecule has 0 radical (unpaired) electrons. The number of nitrogens with zero attached hydrogens (tertiary/aromatic N) is 1. The molecule has 0 aliphatic carbocycles. The van der Waals surface area contributed by atoms with E-state index < -0.39 is 0 Å². The van der Waals surface area contributed by atoms with Gasteiger partial charge in [0, 0.05) is 31.2 Å². The van der Waals surface area contributed by atoms with Crippen LogP contribution in [0.15, 0.2) is 30.3 Å². The molecule has 0 aromatic heterocycles. The summed E-state index contributed by atoms with van der Waals surface area (Å²) in [6, 6.07) is 10.7. The minimum atomic E-state index is 0.228. The van der Waals surface area contributed by atoms with E-state index in [1.54, 1.807) is 0 Å². The van der Waals surface area contributed by atoms with Crippen LogP contribution < -0.4 is 10.1 Å². The monoisotopic (exact) mass is 276 g/mol. The number of benzene rings is 1. The maximum atomic E-state index is 5.78. The quantitative estimate of drug-likeness (QED) is 0.809. The van der Waals surface area contributed by atoms with Crippen LogP contribution in [0.5, 0.6) is 5.75 Å². The molecule has 112 valence electrons. The number of hydrogen-bond acceptors (Lipinski definition) is 3. The first-order valence-electron chi connectivity index (χ1n) is 7.77. The predicted octanol–water partition coefficient (Wildman–Crippen LogP) is 2.92. The molecule has 1 aromatic carbocycles. The lowest BCUT2D eigenvalue weighted by molar-refractivity contribution is 0.0869. The van der Waals surface area contributed by atoms with Gasteiger partial charge in [-0.3, -0.25) is 4.90 Å². The molecule has 1 heterocycles. The van der Waals surface area contributed by atoms with Gasteiger partial charge in [-0.05, 0) is 38.8 Å². The summed E-state index contributed by atoms with van der Waals surface area (Å²) >= 11 is 0. The summed E-state index contributed by atoms with van der Waals surface area (Å²) in [5.41, 5.74) is 0.228. The molecule has 20 heavy (non-hydrogen) atoms. The molecule has 1 aliphatic rings.